The molecule has 0 atom stereocenters. The topological polar surface area (TPSA) is 108 Å². The number of carbonyl (C=O) groups excluding carboxylic acids is 3. The summed E-state index contributed by atoms with van der Waals surface area (Å²) in [4.78, 5) is 40.7. The van der Waals surface area contributed by atoms with Crippen molar-refractivity contribution in [2.24, 2.45) is 5.92 Å². The van der Waals surface area contributed by atoms with E-state index in [9.17, 15) is 19.5 Å². The van der Waals surface area contributed by atoms with E-state index in [1.807, 2.05) is 45.0 Å². The average Bonchev–Trinajstić information content (AvgIpc) is 2.79. The third-order valence-corrected chi connectivity index (χ3v) is 6.50. The molecule has 2 amide bonds. The Hall–Kier alpha value is -2.81. The van der Waals surface area contributed by atoms with Gasteiger partial charge in [0.05, 0.1) is 18.6 Å². The zero-order chi connectivity index (χ0) is 25.6. The van der Waals surface area contributed by atoms with E-state index in [1.165, 1.54) is 0 Å². The fourth-order valence-electron chi connectivity index (χ4n) is 4.55. The van der Waals surface area contributed by atoms with Crippen molar-refractivity contribution in [3.8, 4) is 0 Å². The van der Waals surface area contributed by atoms with Gasteiger partial charge in [-0.25, -0.2) is 4.79 Å². The highest BCUT2D eigenvalue weighted by Crippen LogP contribution is 2.35. The first-order valence-corrected chi connectivity index (χ1v) is 12.5. The molecule has 0 bridgehead atoms. The van der Waals surface area contributed by atoms with E-state index in [0.717, 1.165) is 11.4 Å². The van der Waals surface area contributed by atoms with Gasteiger partial charge in [-0.15, -0.1) is 0 Å². The van der Waals surface area contributed by atoms with Crippen molar-refractivity contribution in [2.75, 3.05) is 43.0 Å². The van der Waals surface area contributed by atoms with Crippen molar-refractivity contribution >= 4 is 29.3 Å². The lowest BCUT2D eigenvalue weighted by atomic mass is 9.77. The van der Waals surface area contributed by atoms with E-state index < -0.39 is 17.2 Å². The summed E-state index contributed by atoms with van der Waals surface area (Å²) in [6.07, 6.45) is 1.56. The Kier molecular flexibility index (Phi) is 8.64. The first-order chi connectivity index (χ1) is 16.5. The van der Waals surface area contributed by atoms with Crippen LogP contribution in [0.3, 0.4) is 0 Å². The number of aliphatic hydroxyl groups is 1. The Labute approximate surface area is 207 Å². The molecule has 2 N–H and O–H groups in total. The van der Waals surface area contributed by atoms with Crippen LogP contribution in [0, 0.1) is 5.92 Å². The number of benzene rings is 1. The van der Waals surface area contributed by atoms with Gasteiger partial charge in [-0.05, 0) is 77.6 Å². The summed E-state index contributed by atoms with van der Waals surface area (Å²) in [6.45, 7) is 10.2. The smallest absolute Gasteiger partial charge is 0.410 e. The quantitative estimate of drug-likeness (QED) is 0.588. The molecule has 0 aromatic heterocycles. The summed E-state index contributed by atoms with van der Waals surface area (Å²) in [5.74, 6) is -0.663. The van der Waals surface area contributed by atoms with Gasteiger partial charge in [-0.2, -0.15) is 0 Å². The number of hydrogen-bond acceptors (Lipinski definition) is 7. The van der Waals surface area contributed by atoms with E-state index in [4.69, 9.17) is 9.47 Å². The molecule has 3 rings (SSSR count). The minimum Gasteiger partial charge on any atom is -0.466 e. The van der Waals surface area contributed by atoms with Crippen molar-refractivity contribution < 1.29 is 29.0 Å². The summed E-state index contributed by atoms with van der Waals surface area (Å²) in [7, 11) is 0. The molecule has 35 heavy (non-hydrogen) atoms. The van der Waals surface area contributed by atoms with Gasteiger partial charge in [-0.1, -0.05) is 0 Å². The monoisotopic (exact) mass is 489 g/mol. The highest BCUT2D eigenvalue weighted by atomic mass is 16.6. The molecule has 0 unspecified atom stereocenters. The van der Waals surface area contributed by atoms with Crippen LogP contribution in [-0.4, -0.2) is 72.0 Å². The largest absolute Gasteiger partial charge is 0.466 e. The van der Waals surface area contributed by atoms with Crippen LogP contribution in [0.25, 0.3) is 0 Å². The Morgan fingerprint density at radius 3 is 2.20 bits per heavy atom. The summed E-state index contributed by atoms with van der Waals surface area (Å²) < 4.78 is 10.4. The van der Waals surface area contributed by atoms with Crippen molar-refractivity contribution in [2.45, 2.75) is 71.0 Å². The summed E-state index contributed by atoms with van der Waals surface area (Å²) in [6, 6.07) is 7.70. The maximum Gasteiger partial charge on any atom is 0.410 e. The summed E-state index contributed by atoms with van der Waals surface area (Å²) >= 11 is 0. The fraction of sp³-hybridized carbons (Fsp3) is 0.654. The summed E-state index contributed by atoms with van der Waals surface area (Å²) in [5, 5.41) is 13.6. The lowest BCUT2D eigenvalue weighted by Crippen LogP contribution is -2.50. The second-order valence-electron chi connectivity index (χ2n) is 10.5. The molecular formula is C26H39N3O6. The first-order valence-electron chi connectivity index (χ1n) is 12.5. The predicted octanol–water partition coefficient (Wildman–Crippen LogP) is 3.56. The van der Waals surface area contributed by atoms with Crippen LogP contribution in [-0.2, 0) is 19.1 Å². The molecule has 1 aromatic rings. The molecular weight excluding hydrogens is 450 g/mol. The van der Waals surface area contributed by atoms with E-state index in [2.05, 4.69) is 10.2 Å². The van der Waals surface area contributed by atoms with E-state index in [-0.39, 0.29) is 24.3 Å². The number of ether oxygens (including phenoxy) is 2. The Balaban J connectivity index is 1.45. The molecule has 194 valence electrons. The maximum atomic E-state index is 12.7. The molecule has 1 saturated carbocycles. The molecule has 9 nitrogen and oxygen atoms in total. The Morgan fingerprint density at radius 1 is 1.06 bits per heavy atom. The lowest BCUT2D eigenvalue weighted by Gasteiger charge is -2.36. The van der Waals surface area contributed by atoms with Crippen LogP contribution in [0.1, 0.15) is 59.8 Å². The van der Waals surface area contributed by atoms with Crippen LogP contribution >= 0.6 is 0 Å². The van der Waals surface area contributed by atoms with Gasteiger partial charge in [0.25, 0.3) is 0 Å². The first kappa shape index (κ1) is 26.8. The number of carbonyl (C=O) groups is 3. The zero-order valence-corrected chi connectivity index (χ0v) is 21.3. The van der Waals surface area contributed by atoms with Crippen molar-refractivity contribution in [1.29, 1.82) is 0 Å². The van der Waals surface area contributed by atoms with Crippen LogP contribution in [0.15, 0.2) is 24.3 Å². The lowest BCUT2D eigenvalue weighted by molar-refractivity contribution is -0.150. The average molecular weight is 490 g/mol. The third-order valence-electron chi connectivity index (χ3n) is 6.50. The standard InChI is InChI=1S/C26H39N3O6/c1-5-34-22(30)18-26(33)12-10-19(11-13-26)23(31)27-20-6-8-21(9-7-20)28-14-16-29(17-15-28)24(32)35-25(2,3)4/h6-9,19,33H,5,10-18H2,1-4H3,(H,27,31). The van der Waals surface area contributed by atoms with E-state index in [1.54, 1.807) is 11.8 Å². The maximum absolute atomic E-state index is 12.7. The van der Waals surface area contributed by atoms with Crippen LogP contribution in [0.4, 0.5) is 16.2 Å². The fourth-order valence-corrected chi connectivity index (χ4v) is 4.55. The number of piperazine rings is 1. The van der Waals surface area contributed by atoms with Crippen molar-refractivity contribution in [3.63, 3.8) is 0 Å². The van der Waals surface area contributed by atoms with E-state index >= 15 is 0 Å². The molecule has 1 aromatic carbocycles. The minimum absolute atomic E-state index is 0.0251. The summed E-state index contributed by atoms with van der Waals surface area (Å²) in [5.41, 5.74) is 0.167. The van der Waals surface area contributed by atoms with Crippen LogP contribution < -0.4 is 10.2 Å². The van der Waals surface area contributed by atoms with E-state index in [0.29, 0.717) is 58.5 Å². The highest BCUT2D eigenvalue weighted by molar-refractivity contribution is 5.92. The highest BCUT2D eigenvalue weighted by Gasteiger charge is 2.37. The third kappa shape index (κ3) is 7.85. The molecule has 2 aliphatic rings. The number of esters is 1. The second-order valence-corrected chi connectivity index (χ2v) is 10.5. The predicted molar refractivity (Wildman–Crippen MR) is 133 cm³/mol. The van der Waals surface area contributed by atoms with Gasteiger partial charge in [0, 0.05) is 43.5 Å². The number of nitrogens with zero attached hydrogens (tertiary/aromatic N) is 2. The van der Waals surface area contributed by atoms with Gasteiger partial charge >= 0.3 is 12.1 Å². The SMILES string of the molecule is CCOC(=O)CC1(O)CCC(C(=O)Nc2ccc(N3CCN(C(=O)OC(C)(C)C)CC3)cc2)CC1. The van der Waals surface area contributed by atoms with Gasteiger partial charge < -0.3 is 29.7 Å². The molecule has 2 fully saturated rings. The molecule has 1 saturated heterocycles. The molecule has 9 heteroatoms. The Morgan fingerprint density at radius 2 is 1.66 bits per heavy atom. The second kappa shape index (κ2) is 11.3. The number of hydrogen-bond donors (Lipinski definition) is 2. The molecule has 0 spiro atoms. The number of amides is 2. The number of nitrogens with one attached hydrogen (secondary N) is 1. The van der Waals surface area contributed by atoms with Gasteiger partial charge in [0.2, 0.25) is 5.91 Å². The van der Waals surface area contributed by atoms with Crippen LogP contribution in [0.5, 0.6) is 0 Å². The molecule has 1 aliphatic heterocycles. The van der Waals surface area contributed by atoms with Gasteiger partial charge in [0.1, 0.15) is 5.60 Å². The van der Waals surface area contributed by atoms with Crippen molar-refractivity contribution in [3.05, 3.63) is 24.3 Å². The van der Waals surface area contributed by atoms with Crippen molar-refractivity contribution in [1.82, 2.24) is 4.90 Å². The van der Waals surface area contributed by atoms with Gasteiger partial charge in [-0.3, -0.25) is 9.59 Å². The van der Waals surface area contributed by atoms with Gasteiger partial charge in [0.15, 0.2) is 0 Å². The zero-order valence-electron chi connectivity index (χ0n) is 21.3. The minimum atomic E-state index is -1.09. The number of rotatable bonds is 6. The Bertz CT molecular complexity index is 879. The number of anilines is 2. The normalized spacial score (nSPS) is 22.9. The van der Waals surface area contributed by atoms with Crippen LogP contribution in [0.2, 0.25) is 0 Å². The molecule has 1 heterocycles. The molecule has 0 radical (unpaired) electrons. The molecule has 1 aliphatic carbocycles.